The normalized spacial score (nSPS) is 10.8. The fraction of sp³-hybridized carbons (Fsp3) is 0.250. The number of carbonyl (C=O) groups is 3. The monoisotopic (exact) mass is 394 g/mol. The molecular formula is C20H17ClF2O4. The number of rotatable bonds is 7. The zero-order valence-electron chi connectivity index (χ0n) is 14.9. The smallest absolute Gasteiger partial charge is 0.183 e. The lowest BCUT2D eigenvalue weighted by Gasteiger charge is -2.15. The molecule has 0 aliphatic rings. The van der Waals surface area contributed by atoms with Crippen LogP contribution in [0.2, 0.25) is 5.02 Å². The van der Waals surface area contributed by atoms with Crippen molar-refractivity contribution in [3.63, 3.8) is 0 Å². The Morgan fingerprint density at radius 2 is 1.70 bits per heavy atom. The second-order valence-corrected chi connectivity index (χ2v) is 6.46. The molecule has 2 aromatic carbocycles. The molecule has 7 heteroatoms. The maximum atomic E-state index is 14.4. The number of carbonyl (C=O) groups excluding carboxylic acids is 3. The molecule has 142 valence electrons. The van der Waals surface area contributed by atoms with Crippen molar-refractivity contribution in [3.05, 3.63) is 63.7 Å². The summed E-state index contributed by atoms with van der Waals surface area (Å²) in [7, 11) is 1.31. The third-order valence-electron chi connectivity index (χ3n) is 4.12. The van der Waals surface area contributed by atoms with Crippen LogP contribution in [-0.4, -0.2) is 24.5 Å². The Morgan fingerprint density at radius 3 is 2.26 bits per heavy atom. The van der Waals surface area contributed by atoms with Gasteiger partial charge in [0.05, 0.1) is 17.7 Å². The van der Waals surface area contributed by atoms with Crippen LogP contribution in [0.1, 0.15) is 35.3 Å². The van der Waals surface area contributed by atoms with E-state index in [2.05, 4.69) is 0 Å². The first-order chi connectivity index (χ1) is 12.7. The number of benzene rings is 2. The number of methoxy groups -OCH3 is 1. The number of Topliss-reactive ketones (excluding diaryl/α,β-unsaturated/α-hetero) is 3. The van der Waals surface area contributed by atoms with Gasteiger partial charge < -0.3 is 4.74 Å². The van der Waals surface area contributed by atoms with Crippen molar-refractivity contribution in [1.82, 2.24) is 0 Å². The molecule has 0 fully saturated rings. The average Bonchev–Trinajstić information content (AvgIpc) is 2.59. The molecule has 0 heterocycles. The van der Waals surface area contributed by atoms with E-state index < -0.39 is 40.5 Å². The summed E-state index contributed by atoms with van der Waals surface area (Å²) in [6, 6.07) is 6.60. The summed E-state index contributed by atoms with van der Waals surface area (Å²) in [5.74, 6) is -5.34. The lowest BCUT2D eigenvalue weighted by Crippen LogP contribution is -2.29. The van der Waals surface area contributed by atoms with Crippen LogP contribution in [0.15, 0.2) is 30.3 Å². The first-order valence-corrected chi connectivity index (χ1v) is 8.39. The van der Waals surface area contributed by atoms with E-state index in [0.717, 1.165) is 19.9 Å². The Bertz CT molecular complexity index is 910. The fourth-order valence-corrected chi connectivity index (χ4v) is 3.01. The molecule has 0 aromatic heterocycles. The largest absolute Gasteiger partial charge is 0.496 e. The Balaban J connectivity index is 2.54. The van der Waals surface area contributed by atoms with E-state index in [4.69, 9.17) is 16.3 Å². The van der Waals surface area contributed by atoms with E-state index in [1.807, 2.05) is 0 Å². The van der Waals surface area contributed by atoms with Gasteiger partial charge in [0, 0.05) is 12.5 Å². The van der Waals surface area contributed by atoms with E-state index in [-0.39, 0.29) is 22.8 Å². The third-order valence-corrected chi connectivity index (χ3v) is 4.42. The van der Waals surface area contributed by atoms with E-state index in [0.29, 0.717) is 5.56 Å². The Hall–Kier alpha value is -2.60. The van der Waals surface area contributed by atoms with Crippen LogP contribution in [0.3, 0.4) is 0 Å². The summed E-state index contributed by atoms with van der Waals surface area (Å²) in [5.41, 5.74) is 0.110. The van der Waals surface area contributed by atoms with Gasteiger partial charge in [-0.2, -0.15) is 0 Å². The second-order valence-electron chi connectivity index (χ2n) is 6.05. The Kier molecular flexibility index (Phi) is 6.44. The summed E-state index contributed by atoms with van der Waals surface area (Å²) >= 11 is 5.78. The lowest BCUT2D eigenvalue weighted by molar-refractivity contribution is -0.128. The molecular weight excluding hydrogens is 378 g/mol. The van der Waals surface area contributed by atoms with Gasteiger partial charge >= 0.3 is 0 Å². The molecule has 0 unspecified atom stereocenters. The van der Waals surface area contributed by atoms with Crippen LogP contribution in [0, 0.1) is 17.6 Å². The van der Waals surface area contributed by atoms with Crippen molar-refractivity contribution < 1.29 is 27.9 Å². The van der Waals surface area contributed by atoms with Gasteiger partial charge in [-0.15, -0.1) is 0 Å². The van der Waals surface area contributed by atoms with Crippen molar-refractivity contribution in [2.24, 2.45) is 5.92 Å². The van der Waals surface area contributed by atoms with E-state index >= 15 is 0 Å². The summed E-state index contributed by atoms with van der Waals surface area (Å²) in [6.45, 7) is 2.18. The van der Waals surface area contributed by atoms with Gasteiger partial charge in [0.25, 0.3) is 0 Å². The van der Waals surface area contributed by atoms with Crippen LogP contribution < -0.4 is 4.74 Å². The van der Waals surface area contributed by atoms with E-state index in [1.165, 1.54) is 25.3 Å². The van der Waals surface area contributed by atoms with Crippen LogP contribution in [-0.2, 0) is 16.0 Å². The SMILES string of the molecule is COc1cc(F)c(C(=O)C(C(C)=O)C(C)=O)cc1Cc1cccc(Cl)c1F. The molecule has 2 rings (SSSR count). The molecule has 0 saturated carbocycles. The predicted octanol–water partition coefficient (Wildman–Crippen LogP) is 4.19. The van der Waals surface area contributed by atoms with Crippen molar-refractivity contribution in [2.45, 2.75) is 20.3 Å². The number of ether oxygens (including phenoxy) is 1. The number of ketones is 3. The van der Waals surface area contributed by atoms with Gasteiger partial charge in [-0.3, -0.25) is 14.4 Å². The van der Waals surface area contributed by atoms with Crippen molar-refractivity contribution in [2.75, 3.05) is 7.11 Å². The fourth-order valence-electron chi connectivity index (χ4n) is 2.82. The minimum Gasteiger partial charge on any atom is -0.496 e. The zero-order chi connectivity index (χ0) is 20.3. The van der Waals surface area contributed by atoms with Crippen molar-refractivity contribution in [1.29, 1.82) is 0 Å². The van der Waals surface area contributed by atoms with E-state index in [1.54, 1.807) is 6.07 Å². The first-order valence-electron chi connectivity index (χ1n) is 8.01. The van der Waals surface area contributed by atoms with Gasteiger partial charge in [-0.1, -0.05) is 23.7 Å². The average molecular weight is 395 g/mol. The third kappa shape index (κ3) is 4.39. The molecule has 0 N–H and O–H groups in total. The summed E-state index contributed by atoms with van der Waals surface area (Å²) < 4.78 is 33.7. The van der Waals surface area contributed by atoms with Crippen LogP contribution >= 0.6 is 11.6 Å². The summed E-state index contributed by atoms with van der Waals surface area (Å²) in [5, 5.41) is -0.0712. The minimum absolute atomic E-state index is 0.0268. The van der Waals surface area contributed by atoms with Gasteiger partial charge in [0.2, 0.25) is 0 Å². The van der Waals surface area contributed by atoms with Crippen molar-refractivity contribution >= 4 is 29.0 Å². The highest BCUT2D eigenvalue weighted by atomic mass is 35.5. The van der Waals surface area contributed by atoms with Gasteiger partial charge in [-0.25, -0.2) is 8.78 Å². The molecule has 0 aliphatic carbocycles. The zero-order valence-corrected chi connectivity index (χ0v) is 15.7. The Morgan fingerprint density at radius 1 is 1.07 bits per heavy atom. The number of hydrogen-bond donors (Lipinski definition) is 0. The standard InChI is InChI=1S/C20H17ClF2O4/c1-10(24)18(11(2)25)20(26)14-8-13(17(27-3)9-16(14)22)7-12-5-4-6-15(21)19(12)23/h4-6,8-9,18H,7H2,1-3H3. The van der Waals surface area contributed by atoms with Crippen molar-refractivity contribution in [3.8, 4) is 5.75 Å². The molecule has 4 nitrogen and oxygen atoms in total. The summed E-state index contributed by atoms with van der Waals surface area (Å²) in [4.78, 5) is 35.8. The molecule has 0 amide bonds. The Labute approximate surface area is 160 Å². The molecule has 2 aromatic rings. The van der Waals surface area contributed by atoms with Crippen LogP contribution in [0.5, 0.6) is 5.75 Å². The molecule has 0 radical (unpaired) electrons. The first kappa shape index (κ1) is 20.7. The predicted molar refractivity (Wildman–Crippen MR) is 96.4 cm³/mol. The number of hydrogen-bond acceptors (Lipinski definition) is 4. The lowest BCUT2D eigenvalue weighted by atomic mass is 9.89. The van der Waals surface area contributed by atoms with Crippen LogP contribution in [0.25, 0.3) is 0 Å². The van der Waals surface area contributed by atoms with Gasteiger partial charge in [-0.05, 0) is 37.1 Å². The molecule has 0 spiro atoms. The summed E-state index contributed by atoms with van der Waals surface area (Å²) in [6.07, 6.45) is -0.0268. The highest BCUT2D eigenvalue weighted by Crippen LogP contribution is 2.29. The van der Waals surface area contributed by atoms with Gasteiger partial charge in [0.1, 0.15) is 34.9 Å². The maximum absolute atomic E-state index is 14.4. The van der Waals surface area contributed by atoms with Crippen LogP contribution in [0.4, 0.5) is 8.78 Å². The minimum atomic E-state index is -1.58. The molecule has 0 bridgehead atoms. The topological polar surface area (TPSA) is 60.4 Å². The maximum Gasteiger partial charge on any atom is 0.183 e. The second kappa shape index (κ2) is 8.39. The highest BCUT2D eigenvalue weighted by Gasteiger charge is 2.31. The molecule has 0 atom stereocenters. The van der Waals surface area contributed by atoms with Gasteiger partial charge in [0.15, 0.2) is 5.78 Å². The number of halogens is 3. The van der Waals surface area contributed by atoms with E-state index in [9.17, 15) is 23.2 Å². The molecule has 0 saturated heterocycles. The highest BCUT2D eigenvalue weighted by molar-refractivity contribution is 6.30. The molecule has 0 aliphatic heterocycles. The molecule has 27 heavy (non-hydrogen) atoms. The quantitative estimate of drug-likeness (QED) is 0.521.